The Morgan fingerprint density at radius 3 is 2.84 bits per heavy atom. The minimum atomic E-state index is -4.47. The molecule has 0 spiro atoms. The second kappa shape index (κ2) is 8.55. The third kappa shape index (κ3) is 4.78. The van der Waals surface area contributed by atoms with E-state index in [9.17, 15) is 23.2 Å². The number of aromatic nitrogens is 3. The zero-order chi connectivity index (χ0) is 22.7. The Bertz CT molecular complexity index is 1270. The topological polar surface area (TPSA) is 95.1 Å². The molecule has 1 atom stereocenters. The van der Waals surface area contributed by atoms with Crippen LogP contribution in [0.5, 0.6) is 0 Å². The maximum absolute atomic E-state index is 12.4. The molecule has 0 bridgehead atoms. The van der Waals surface area contributed by atoms with Crippen molar-refractivity contribution in [3.8, 4) is 6.07 Å². The molecule has 0 saturated heterocycles. The van der Waals surface area contributed by atoms with Gasteiger partial charge in [-0.05, 0) is 30.2 Å². The summed E-state index contributed by atoms with van der Waals surface area (Å²) < 4.78 is 38.7. The van der Waals surface area contributed by atoms with Crippen molar-refractivity contribution in [1.82, 2.24) is 19.9 Å². The van der Waals surface area contributed by atoms with E-state index in [1.54, 1.807) is 53.2 Å². The summed E-state index contributed by atoms with van der Waals surface area (Å²) in [5, 5.41) is 18.5. The lowest BCUT2D eigenvalue weighted by Crippen LogP contribution is -2.34. The number of pyridine rings is 1. The van der Waals surface area contributed by atoms with Gasteiger partial charge in [0.1, 0.15) is 12.6 Å². The van der Waals surface area contributed by atoms with Crippen LogP contribution in [0.4, 0.5) is 24.8 Å². The first-order chi connectivity index (χ1) is 15.3. The van der Waals surface area contributed by atoms with Gasteiger partial charge in [-0.1, -0.05) is 36.4 Å². The van der Waals surface area contributed by atoms with Crippen LogP contribution in [0.1, 0.15) is 23.5 Å². The molecule has 2 N–H and O–H groups in total. The lowest BCUT2D eigenvalue weighted by molar-refractivity contribution is -0.136. The molecule has 0 radical (unpaired) electrons. The molecule has 0 saturated carbocycles. The van der Waals surface area contributed by atoms with Gasteiger partial charge in [0.05, 0.1) is 11.3 Å². The van der Waals surface area contributed by atoms with Gasteiger partial charge in [-0.25, -0.2) is 4.52 Å². The smallest absolute Gasteiger partial charge is 0.343 e. The Morgan fingerprint density at radius 1 is 1.25 bits per heavy atom. The fourth-order valence-electron chi connectivity index (χ4n) is 3.33. The van der Waals surface area contributed by atoms with Gasteiger partial charge in [-0.2, -0.15) is 23.4 Å². The van der Waals surface area contributed by atoms with Crippen LogP contribution in [0.3, 0.4) is 0 Å². The number of hydrogen-bond donors (Lipinski definition) is 2. The number of allylic oxidation sites excluding steroid dienone is 2. The van der Waals surface area contributed by atoms with Gasteiger partial charge in [0.15, 0.2) is 5.65 Å². The summed E-state index contributed by atoms with van der Waals surface area (Å²) in [7, 11) is 0. The number of rotatable bonds is 5. The molecule has 2 heterocycles. The predicted octanol–water partition coefficient (Wildman–Crippen LogP) is 3.99. The van der Waals surface area contributed by atoms with Gasteiger partial charge in [-0.15, -0.1) is 5.10 Å². The van der Waals surface area contributed by atoms with Gasteiger partial charge in [0.25, 0.3) is 5.91 Å². The molecule has 7 nitrogen and oxygen atoms in total. The van der Waals surface area contributed by atoms with Crippen LogP contribution in [-0.4, -0.2) is 33.2 Å². The SMILES string of the molecule is N#Cc1ccccc1Nc1nc2ccc(C3C=C(C(=O)NCC(F)(F)F)C=CC3)cn2n1. The van der Waals surface area contributed by atoms with E-state index in [2.05, 4.69) is 21.5 Å². The number of para-hydroxylation sites is 1. The second-order valence-electron chi connectivity index (χ2n) is 7.15. The Hall–Kier alpha value is -4.13. The van der Waals surface area contributed by atoms with Crippen molar-refractivity contribution in [2.75, 3.05) is 11.9 Å². The predicted molar refractivity (Wildman–Crippen MR) is 111 cm³/mol. The molecule has 3 aromatic rings. The number of carbonyl (C=O) groups is 1. The number of carbonyl (C=O) groups excluding carboxylic acids is 1. The summed E-state index contributed by atoms with van der Waals surface area (Å²) >= 11 is 0. The fourth-order valence-corrected chi connectivity index (χ4v) is 3.33. The summed E-state index contributed by atoms with van der Waals surface area (Å²) in [5.74, 6) is -0.653. The molecule has 1 aliphatic rings. The highest BCUT2D eigenvalue weighted by Crippen LogP contribution is 2.28. The van der Waals surface area contributed by atoms with Gasteiger partial charge >= 0.3 is 6.18 Å². The number of halogens is 3. The Labute approximate surface area is 180 Å². The van der Waals surface area contributed by atoms with E-state index in [0.29, 0.717) is 29.3 Å². The highest BCUT2D eigenvalue weighted by molar-refractivity contribution is 5.96. The molecule has 0 fully saturated rings. The van der Waals surface area contributed by atoms with Crippen LogP contribution in [0.15, 0.2) is 66.4 Å². The minimum Gasteiger partial charge on any atom is -0.343 e. The molecule has 1 amide bonds. The quantitative estimate of drug-likeness (QED) is 0.628. The van der Waals surface area contributed by atoms with E-state index in [-0.39, 0.29) is 11.5 Å². The number of alkyl halides is 3. The Kier molecular flexibility index (Phi) is 5.64. The molecule has 2 aromatic heterocycles. The third-order valence-corrected chi connectivity index (χ3v) is 4.86. The third-order valence-electron chi connectivity index (χ3n) is 4.86. The van der Waals surface area contributed by atoms with Crippen molar-refractivity contribution >= 4 is 23.2 Å². The number of anilines is 2. The number of nitrogens with zero attached hydrogens (tertiary/aromatic N) is 4. The lowest BCUT2D eigenvalue weighted by Gasteiger charge is -2.17. The highest BCUT2D eigenvalue weighted by Gasteiger charge is 2.28. The molecule has 1 unspecified atom stereocenters. The van der Waals surface area contributed by atoms with Crippen molar-refractivity contribution < 1.29 is 18.0 Å². The molecule has 162 valence electrons. The molecular formula is C22H17F3N6O. The first kappa shape index (κ1) is 21.1. The number of amides is 1. The highest BCUT2D eigenvalue weighted by atomic mass is 19.4. The van der Waals surface area contributed by atoms with Crippen LogP contribution >= 0.6 is 0 Å². The Balaban J connectivity index is 1.54. The fraction of sp³-hybridized carbons (Fsp3) is 0.182. The van der Waals surface area contributed by atoms with E-state index in [1.807, 2.05) is 11.4 Å². The van der Waals surface area contributed by atoms with Crippen LogP contribution in [0.25, 0.3) is 5.65 Å². The average Bonchev–Trinajstić information content (AvgIpc) is 3.19. The number of nitriles is 1. The first-order valence-corrected chi connectivity index (χ1v) is 9.68. The standard InChI is InChI=1S/C22H17F3N6O/c23-22(24,25)13-27-20(32)15-6-3-5-14(10-15)17-8-9-19-29-21(30-31(19)12-17)28-18-7-2-1-4-16(18)11-26/h1-4,6-10,12,14H,5,13H2,(H,27,32)(H,28,30). The maximum Gasteiger partial charge on any atom is 0.405 e. The average molecular weight is 438 g/mol. The zero-order valence-corrected chi connectivity index (χ0v) is 16.6. The van der Waals surface area contributed by atoms with Gasteiger partial charge < -0.3 is 10.6 Å². The van der Waals surface area contributed by atoms with Crippen molar-refractivity contribution in [2.45, 2.75) is 18.5 Å². The largest absolute Gasteiger partial charge is 0.405 e. The number of nitrogens with one attached hydrogen (secondary N) is 2. The summed E-state index contributed by atoms with van der Waals surface area (Å²) in [5.41, 5.74) is 2.63. The number of benzene rings is 1. The molecular weight excluding hydrogens is 421 g/mol. The summed E-state index contributed by atoms with van der Waals surface area (Å²) in [6, 6.07) is 12.7. The summed E-state index contributed by atoms with van der Waals surface area (Å²) in [6.45, 7) is -1.38. The van der Waals surface area contributed by atoms with Crippen LogP contribution in [0, 0.1) is 11.3 Å². The van der Waals surface area contributed by atoms with Crippen molar-refractivity contribution in [2.24, 2.45) is 0 Å². The Morgan fingerprint density at radius 2 is 2.06 bits per heavy atom. The van der Waals surface area contributed by atoms with Crippen LogP contribution < -0.4 is 10.6 Å². The normalized spacial score (nSPS) is 15.8. The summed E-state index contributed by atoms with van der Waals surface area (Å²) in [4.78, 5) is 16.5. The van der Waals surface area contributed by atoms with E-state index in [0.717, 1.165) is 5.56 Å². The van der Waals surface area contributed by atoms with E-state index in [4.69, 9.17) is 0 Å². The number of fused-ring (bicyclic) bond motifs is 1. The minimum absolute atomic E-state index is 0.180. The summed E-state index contributed by atoms with van der Waals surface area (Å²) in [6.07, 6.45) is 2.80. The molecule has 32 heavy (non-hydrogen) atoms. The van der Waals surface area contributed by atoms with Gasteiger partial charge in [0, 0.05) is 17.7 Å². The van der Waals surface area contributed by atoms with E-state index >= 15 is 0 Å². The lowest BCUT2D eigenvalue weighted by atomic mass is 9.90. The monoisotopic (exact) mass is 438 g/mol. The van der Waals surface area contributed by atoms with Crippen molar-refractivity contribution in [1.29, 1.82) is 5.26 Å². The van der Waals surface area contributed by atoms with Crippen molar-refractivity contribution in [3.63, 3.8) is 0 Å². The molecule has 4 rings (SSSR count). The number of hydrogen-bond acceptors (Lipinski definition) is 5. The van der Waals surface area contributed by atoms with Crippen molar-refractivity contribution in [3.05, 3.63) is 77.5 Å². The first-order valence-electron chi connectivity index (χ1n) is 9.68. The molecule has 1 aromatic carbocycles. The molecule has 1 aliphatic carbocycles. The van der Waals surface area contributed by atoms with E-state index in [1.165, 1.54) is 6.08 Å². The van der Waals surface area contributed by atoms with Gasteiger partial charge in [-0.3, -0.25) is 4.79 Å². The van der Waals surface area contributed by atoms with Crippen LogP contribution in [-0.2, 0) is 4.79 Å². The maximum atomic E-state index is 12.4. The molecule has 0 aliphatic heterocycles. The second-order valence-corrected chi connectivity index (χ2v) is 7.15. The zero-order valence-electron chi connectivity index (χ0n) is 16.6. The molecule has 10 heteroatoms. The van der Waals surface area contributed by atoms with Gasteiger partial charge in [0.2, 0.25) is 5.95 Å². The van der Waals surface area contributed by atoms with E-state index < -0.39 is 18.6 Å². The van der Waals surface area contributed by atoms with Crippen LogP contribution in [0.2, 0.25) is 0 Å².